The zero-order valence-electron chi connectivity index (χ0n) is 14.8. The number of hydrogen-bond donors (Lipinski definition) is 1. The van der Waals surface area contributed by atoms with Crippen LogP contribution in [0.1, 0.15) is 38.0 Å². The maximum atomic E-state index is 12.8. The van der Waals surface area contributed by atoms with E-state index >= 15 is 0 Å². The van der Waals surface area contributed by atoms with Crippen molar-refractivity contribution in [1.82, 2.24) is 25.0 Å². The molecule has 144 valence electrons. The van der Waals surface area contributed by atoms with Crippen molar-refractivity contribution in [1.29, 1.82) is 0 Å². The van der Waals surface area contributed by atoms with Crippen LogP contribution in [0.15, 0.2) is 33.9 Å². The van der Waals surface area contributed by atoms with Crippen LogP contribution in [-0.4, -0.2) is 25.0 Å². The molecule has 0 radical (unpaired) electrons. The summed E-state index contributed by atoms with van der Waals surface area (Å²) in [4.78, 5) is 4.14. The van der Waals surface area contributed by atoms with Crippen molar-refractivity contribution in [2.24, 2.45) is 0 Å². The van der Waals surface area contributed by atoms with Gasteiger partial charge < -0.3 is 10.4 Å². The van der Waals surface area contributed by atoms with Crippen LogP contribution in [0.4, 0.5) is 13.2 Å². The van der Waals surface area contributed by atoms with E-state index in [4.69, 9.17) is 10.4 Å². The van der Waals surface area contributed by atoms with E-state index in [0.717, 1.165) is 12.1 Å². The van der Waals surface area contributed by atoms with Crippen molar-refractivity contribution in [3.8, 4) is 11.4 Å². The fourth-order valence-electron chi connectivity index (χ4n) is 2.28. The Morgan fingerprint density at radius 2 is 1.93 bits per heavy atom. The largest absolute Gasteiger partial charge is 0.416 e. The molecular formula is C16H17F3N6OS. The first kappa shape index (κ1) is 19.2. The number of nitrogen functional groups attached to an aromatic ring is 1. The fraction of sp³-hybridized carbons (Fsp3) is 0.375. The van der Waals surface area contributed by atoms with Crippen LogP contribution >= 0.6 is 11.8 Å². The van der Waals surface area contributed by atoms with Crippen molar-refractivity contribution >= 4 is 11.8 Å². The van der Waals surface area contributed by atoms with Gasteiger partial charge in [0.2, 0.25) is 16.9 Å². The topological polar surface area (TPSA) is 95.6 Å². The van der Waals surface area contributed by atoms with E-state index in [1.165, 1.54) is 28.6 Å². The normalized spacial score (nSPS) is 12.5. The third-order valence-electron chi connectivity index (χ3n) is 3.58. The first-order valence-corrected chi connectivity index (χ1v) is 8.88. The minimum Gasteiger partial charge on any atom is -0.338 e. The lowest BCUT2D eigenvalue weighted by molar-refractivity contribution is -0.137. The van der Waals surface area contributed by atoms with Crippen LogP contribution in [0, 0.1) is 0 Å². The van der Waals surface area contributed by atoms with Gasteiger partial charge in [-0.2, -0.15) is 18.2 Å². The van der Waals surface area contributed by atoms with Gasteiger partial charge in [-0.25, -0.2) is 4.68 Å². The second-order valence-electron chi connectivity index (χ2n) is 6.81. The molecule has 0 spiro atoms. The lowest BCUT2D eigenvalue weighted by Gasteiger charge is -2.16. The summed E-state index contributed by atoms with van der Waals surface area (Å²) in [6, 6.07) is 4.76. The highest BCUT2D eigenvalue weighted by Gasteiger charge is 2.31. The predicted octanol–water partition coefficient (Wildman–Crippen LogP) is 3.65. The van der Waals surface area contributed by atoms with Crippen molar-refractivity contribution in [2.45, 2.75) is 43.3 Å². The minimum atomic E-state index is -4.44. The zero-order valence-corrected chi connectivity index (χ0v) is 15.6. The highest BCUT2D eigenvalue weighted by atomic mass is 32.2. The molecule has 11 heteroatoms. The smallest absolute Gasteiger partial charge is 0.338 e. The standard InChI is InChI=1S/C16H17F3N6OS/c1-15(2,3)13-22-23-14(25(13)20)27-8-11-21-12(24-26-11)9-5-4-6-10(7-9)16(17,18)19/h4-7H,8,20H2,1-3H3. The van der Waals surface area contributed by atoms with Gasteiger partial charge in [0.15, 0.2) is 5.82 Å². The minimum absolute atomic E-state index is 0.0845. The molecule has 2 aromatic heterocycles. The van der Waals surface area contributed by atoms with Gasteiger partial charge in [0, 0.05) is 11.0 Å². The van der Waals surface area contributed by atoms with E-state index < -0.39 is 11.7 Å². The molecule has 1 aromatic carbocycles. The molecule has 0 unspecified atom stereocenters. The van der Waals surface area contributed by atoms with E-state index in [-0.39, 0.29) is 28.4 Å². The molecule has 0 aliphatic carbocycles. The molecule has 0 atom stereocenters. The highest BCUT2D eigenvalue weighted by Crippen LogP contribution is 2.32. The van der Waals surface area contributed by atoms with Gasteiger partial charge in [0.25, 0.3) is 0 Å². The molecule has 0 fully saturated rings. The van der Waals surface area contributed by atoms with Crippen molar-refractivity contribution in [2.75, 3.05) is 5.84 Å². The molecular weight excluding hydrogens is 381 g/mol. The van der Waals surface area contributed by atoms with Crippen LogP contribution in [-0.2, 0) is 17.3 Å². The lowest BCUT2D eigenvalue weighted by Crippen LogP contribution is -2.24. The predicted molar refractivity (Wildman–Crippen MR) is 93.2 cm³/mol. The summed E-state index contributed by atoms with van der Waals surface area (Å²) < 4.78 is 45.0. The van der Waals surface area contributed by atoms with Gasteiger partial charge >= 0.3 is 6.18 Å². The Balaban J connectivity index is 1.73. The van der Waals surface area contributed by atoms with Crippen LogP contribution in [0.5, 0.6) is 0 Å². The molecule has 7 nitrogen and oxygen atoms in total. The quantitative estimate of drug-likeness (QED) is 0.529. The number of hydrogen-bond acceptors (Lipinski definition) is 7. The van der Waals surface area contributed by atoms with Crippen LogP contribution in [0.25, 0.3) is 11.4 Å². The van der Waals surface area contributed by atoms with Crippen molar-refractivity contribution in [3.63, 3.8) is 0 Å². The zero-order chi connectivity index (χ0) is 19.8. The molecule has 0 aliphatic rings. The summed E-state index contributed by atoms with van der Waals surface area (Å²) in [7, 11) is 0. The number of rotatable bonds is 4. The average Bonchev–Trinajstić information content (AvgIpc) is 3.18. The first-order valence-electron chi connectivity index (χ1n) is 7.89. The summed E-state index contributed by atoms with van der Waals surface area (Å²) in [5.74, 6) is 7.21. The molecule has 0 saturated carbocycles. The Morgan fingerprint density at radius 1 is 1.19 bits per heavy atom. The summed E-state index contributed by atoms with van der Waals surface area (Å²) in [6.45, 7) is 5.90. The second-order valence-corrected chi connectivity index (χ2v) is 7.75. The summed E-state index contributed by atoms with van der Waals surface area (Å²) in [5.41, 5.74) is -0.810. The summed E-state index contributed by atoms with van der Waals surface area (Å²) in [5, 5.41) is 12.3. The molecule has 0 aliphatic heterocycles. The van der Waals surface area contributed by atoms with Crippen molar-refractivity contribution < 1.29 is 17.7 Å². The van der Waals surface area contributed by atoms with E-state index in [9.17, 15) is 13.2 Å². The number of benzene rings is 1. The first-order chi connectivity index (χ1) is 12.6. The molecule has 0 bridgehead atoms. The Morgan fingerprint density at radius 3 is 2.56 bits per heavy atom. The number of alkyl halides is 3. The van der Waals surface area contributed by atoms with E-state index in [2.05, 4.69) is 20.3 Å². The molecule has 2 N–H and O–H groups in total. The second kappa shape index (κ2) is 6.87. The number of thioether (sulfide) groups is 1. The van der Waals surface area contributed by atoms with E-state index in [1.807, 2.05) is 20.8 Å². The maximum Gasteiger partial charge on any atom is 0.416 e. The molecule has 0 amide bonds. The van der Waals surface area contributed by atoms with Gasteiger partial charge in [0.05, 0.1) is 11.3 Å². The van der Waals surface area contributed by atoms with Crippen LogP contribution in [0.2, 0.25) is 0 Å². The van der Waals surface area contributed by atoms with Gasteiger partial charge in [0.1, 0.15) is 0 Å². The number of nitrogens with zero attached hydrogens (tertiary/aromatic N) is 5. The highest BCUT2D eigenvalue weighted by molar-refractivity contribution is 7.98. The van der Waals surface area contributed by atoms with E-state index in [0.29, 0.717) is 11.0 Å². The Labute approximate surface area is 157 Å². The molecule has 27 heavy (non-hydrogen) atoms. The van der Waals surface area contributed by atoms with Crippen LogP contribution in [0.3, 0.4) is 0 Å². The molecule has 3 rings (SSSR count). The Bertz CT molecular complexity index is 944. The molecule has 3 aromatic rings. The third-order valence-corrected chi connectivity index (χ3v) is 4.50. The fourth-order valence-corrected chi connectivity index (χ4v) is 2.97. The van der Waals surface area contributed by atoms with E-state index in [1.54, 1.807) is 0 Å². The number of aromatic nitrogens is 5. The molecule has 0 saturated heterocycles. The van der Waals surface area contributed by atoms with Gasteiger partial charge in [-0.05, 0) is 12.1 Å². The number of halogens is 3. The Hall–Kier alpha value is -2.56. The Kier molecular flexibility index (Phi) is 4.89. The van der Waals surface area contributed by atoms with Crippen LogP contribution < -0.4 is 5.84 Å². The van der Waals surface area contributed by atoms with Gasteiger partial charge in [-0.3, -0.25) is 0 Å². The van der Waals surface area contributed by atoms with Gasteiger partial charge in [-0.1, -0.05) is 49.8 Å². The average molecular weight is 398 g/mol. The van der Waals surface area contributed by atoms with Gasteiger partial charge in [-0.15, -0.1) is 10.2 Å². The number of nitrogens with two attached hydrogens (primary N) is 1. The SMILES string of the molecule is CC(C)(C)c1nnc(SCc2nc(-c3cccc(C(F)(F)F)c3)no2)n1N. The summed E-state index contributed by atoms with van der Waals surface area (Å²) in [6.07, 6.45) is -4.44. The molecule has 2 heterocycles. The lowest BCUT2D eigenvalue weighted by atomic mass is 9.96. The monoisotopic (exact) mass is 398 g/mol. The third kappa shape index (κ3) is 4.24. The summed E-state index contributed by atoms with van der Waals surface area (Å²) >= 11 is 1.24. The maximum absolute atomic E-state index is 12.8. The van der Waals surface area contributed by atoms with Crippen molar-refractivity contribution in [3.05, 3.63) is 41.5 Å².